The fraction of sp³-hybridized carbons (Fsp3) is 0.857. The van der Waals surface area contributed by atoms with Gasteiger partial charge in [-0.05, 0) is 19.4 Å². The zero-order valence-electron chi connectivity index (χ0n) is 12.6. The van der Waals surface area contributed by atoms with E-state index in [9.17, 15) is 0 Å². The van der Waals surface area contributed by atoms with Crippen molar-refractivity contribution in [2.24, 2.45) is 5.92 Å². The second-order valence-corrected chi connectivity index (χ2v) is 7.04. The summed E-state index contributed by atoms with van der Waals surface area (Å²) in [5.41, 5.74) is 0. The third-order valence-electron chi connectivity index (χ3n) is 4.08. The number of anilines is 1. The van der Waals surface area contributed by atoms with Crippen LogP contribution in [0.25, 0.3) is 0 Å². The Morgan fingerprint density at radius 3 is 3.05 bits per heavy atom. The largest absolute Gasteiger partial charge is 0.374 e. The number of hydrogen-bond donors (Lipinski definition) is 0. The van der Waals surface area contributed by atoms with Crippen LogP contribution in [0.2, 0.25) is 0 Å². The molecule has 0 spiro atoms. The maximum Gasteiger partial charge on any atom is 0.205 e. The summed E-state index contributed by atoms with van der Waals surface area (Å²) in [7, 11) is 2.19. The molecule has 2 fully saturated rings. The number of aromatic nitrogens is 2. The Balaban J connectivity index is 1.75. The second-order valence-electron chi connectivity index (χ2n) is 6.31. The highest BCUT2D eigenvalue weighted by Crippen LogP contribution is 2.29. The highest BCUT2D eigenvalue weighted by molar-refractivity contribution is 7.09. The minimum absolute atomic E-state index is 0.359. The summed E-state index contributed by atoms with van der Waals surface area (Å²) in [5, 5.41) is 1.08. The molecule has 2 saturated heterocycles. The van der Waals surface area contributed by atoms with E-state index in [2.05, 4.69) is 35.1 Å². The summed E-state index contributed by atoms with van der Waals surface area (Å²) in [4.78, 5) is 9.56. The Morgan fingerprint density at radius 2 is 2.25 bits per heavy atom. The van der Waals surface area contributed by atoms with Gasteiger partial charge in [0.1, 0.15) is 5.82 Å². The van der Waals surface area contributed by atoms with Crippen LogP contribution in [0.3, 0.4) is 0 Å². The van der Waals surface area contributed by atoms with Crippen LogP contribution >= 0.6 is 11.5 Å². The molecule has 0 aliphatic carbocycles. The molecule has 0 N–H and O–H groups in total. The van der Waals surface area contributed by atoms with E-state index in [0.29, 0.717) is 18.1 Å². The van der Waals surface area contributed by atoms with Crippen molar-refractivity contribution in [1.29, 1.82) is 0 Å². The van der Waals surface area contributed by atoms with Gasteiger partial charge in [0.2, 0.25) is 5.13 Å². The van der Waals surface area contributed by atoms with Gasteiger partial charge in [0.15, 0.2) is 0 Å². The van der Waals surface area contributed by atoms with Crippen molar-refractivity contribution in [3.8, 4) is 0 Å². The first-order chi connectivity index (χ1) is 9.63. The predicted molar refractivity (Wildman–Crippen MR) is 81.4 cm³/mol. The van der Waals surface area contributed by atoms with Crippen LogP contribution in [-0.2, 0) is 11.2 Å². The molecule has 0 radical (unpaired) electrons. The van der Waals surface area contributed by atoms with E-state index < -0.39 is 0 Å². The van der Waals surface area contributed by atoms with Gasteiger partial charge < -0.3 is 14.5 Å². The summed E-state index contributed by atoms with van der Waals surface area (Å²) >= 11 is 1.55. The first-order valence-electron chi connectivity index (χ1n) is 7.53. The van der Waals surface area contributed by atoms with Gasteiger partial charge in [-0.15, -0.1) is 0 Å². The smallest absolute Gasteiger partial charge is 0.205 e. The molecule has 3 heterocycles. The standard InChI is InChI=1S/C14H24N4OS/c1-10(2)8-13-15-14(20-16-13)18-6-7-19-12-4-5-17(3)9-11(12)18/h10-12H,4-9H2,1-3H3/t11-,12-/m0/s1. The van der Waals surface area contributed by atoms with Crippen molar-refractivity contribution in [3.63, 3.8) is 0 Å². The normalized spacial score (nSPS) is 27.9. The number of likely N-dealkylation sites (N-methyl/N-ethyl adjacent to an activating group) is 1. The van der Waals surface area contributed by atoms with Crippen LogP contribution < -0.4 is 4.90 Å². The highest BCUT2D eigenvalue weighted by Gasteiger charge is 2.37. The molecule has 0 aromatic carbocycles. The van der Waals surface area contributed by atoms with Crippen molar-refractivity contribution < 1.29 is 4.74 Å². The summed E-state index contributed by atoms with van der Waals surface area (Å²) in [5.74, 6) is 1.60. The molecule has 20 heavy (non-hydrogen) atoms. The average molecular weight is 296 g/mol. The number of nitrogens with zero attached hydrogens (tertiary/aromatic N) is 4. The minimum Gasteiger partial charge on any atom is -0.374 e. The SMILES string of the molecule is CC(C)Cc1nsc(N2CCO[C@H]3CCN(C)C[C@@H]32)n1. The van der Waals surface area contributed by atoms with Crippen molar-refractivity contribution in [3.05, 3.63) is 5.82 Å². The molecule has 112 valence electrons. The topological polar surface area (TPSA) is 41.5 Å². The molecular formula is C14H24N4OS. The lowest BCUT2D eigenvalue weighted by Gasteiger charge is -2.46. The first kappa shape index (κ1) is 14.2. The van der Waals surface area contributed by atoms with Gasteiger partial charge in [-0.25, -0.2) is 4.98 Å². The van der Waals surface area contributed by atoms with Gasteiger partial charge in [-0.3, -0.25) is 0 Å². The van der Waals surface area contributed by atoms with Crippen molar-refractivity contribution in [2.75, 3.05) is 38.2 Å². The zero-order chi connectivity index (χ0) is 14.1. The number of hydrogen-bond acceptors (Lipinski definition) is 6. The van der Waals surface area contributed by atoms with Crippen LogP contribution in [-0.4, -0.2) is 59.7 Å². The van der Waals surface area contributed by atoms with Crippen LogP contribution in [0, 0.1) is 5.92 Å². The van der Waals surface area contributed by atoms with E-state index in [0.717, 1.165) is 50.0 Å². The third-order valence-corrected chi connectivity index (χ3v) is 4.87. The van der Waals surface area contributed by atoms with Crippen LogP contribution in [0.5, 0.6) is 0 Å². The van der Waals surface area contributed by atoms with E-state index in [1.807, 2.05) is 0 Å². The third kappa shape index (κ3) is 2.97. The molecule has 2 atom stereocenters. The van der Waals surface area contributed by atoms with Gasteiger partial charge in [0.05, 0.1) is 18.8 Å². The molecular weight excluding hydrogens is 272 g/mol. The number of likely N-dealkylation sites (tertiary alicyclic amines) is 1. The summed E-state index contributed by atoms with van der Waals surface area (Å²) in [6.45, 7) is 8.35. The predicted octanol–water partition coefficient (Wildman–Crippen LogP) is 1.65. The number of piperidine rings is 1. The fourth-order valence-corrected chi connectivity index (χ4v) is 3.86. The number of rotatable bonds is 3. The van der Waals surface area contributed by atoms with E-state index >= 15 is 0 Å². The van der Waals surface area contributed by atoms with E-state index in [4.69, 9.17) is 9.72 Å². The minimum atomic E-state index is 0.359. The highest BCUT2D eigenvalue weighted by atomic mass is 32.1. The van der Waals surface area contributed by atoms with Gasteiger partial charge in [0, 0.05) is 37.6 Å². The van der Waals surface area contributed by atoms with Crippen LogP contribution in [0.15, 0.2) is 0 Å². The Kier molecular flexibility index (Phi) is 4.23. The second kappa shape index (κ2) is 5.95. The fourth-order valence-electron chi connectivity index (χ4n) is 3.08. The number of fused-ring (bicyclic) bond motifs is 1. The number of morpholine rings is 1. The lowest BCUT2D eigenvalue weighted by atomic mass is 10.00. The lowest BCUT2D eigenvalue weighted by molar-refractivity contribution is -0.0243. The Bertz CT molecular complexity index is 450. The Hall–Kier alpha value is -0.720. The Labute approximate surface area is 125 Å². The molecule has 1 aromatic heterocycles. The molecule has 2 aliphatic heterocycles. The number of ether oxygens (including phenoxy) is 1. The molecule has 6 heteroatoms. The van der Waals surface area contributed by atoms with Crippen molar-refractivity contribution in [2.45, 2.75) is 38.8 Å². The molecule has 0 saturated carbocycles. The molecule has 3 rings (SSSR count). The van der Waals surface area contributed by atoms with Gasteiger partial charge in [-0.2, -0.15) is 4.37 Å². The van der Waals surface area contributed by atoms with Crippen molar-refractivity contribution >= 4 is 16.7 Å². The quantitative estimate of drug-likeness (QED) is 0.848. The van der Waals surface area contributed by atoms with E-state index in [-0.39, 0.29) is 0 Å². The molecule has 5 nitrogen and oxygen atoms in total. The molecule has 2 aliphatic rings. The maximum atomic E-state index is 5.94. The first-order valence-corrected chi connectivity index (χ1v) is 8.30. The molecule has 0 unspecified atom stereocenters. The summed E-state index contributed by atoms with van der Waals surface area (Å²) in [6, 6.07) is 0.433. The summed E-state index contributed by atoms with van der Waals surface area (Å²) < 4.78 is 10.5. The average Bonchev–Trinajstić information content (AvgIpc) is 2.85. The molecule has 1 aromatic rings. The van der Waals surface area contributed by atoms with E-state index in [1.54, 1.807) is 11.5 Å². The Morgan fingerprint density at radius 1 is 1.40 bits per heavy atom. The van der Waals surface area contributed by atoms with Crippen LogP contribution in [0.4, 0.5) is 5.13 Å². The molecule has 0 amide bonds. The monoisotopic (exact) mass is 296 g/mol. The molecule has 0 bridgehead atoms. The van der Waals surface area contributed by atoms with Crippen molar-refractivity contribution in [1.82, 2.24) is 14.3 Å². The zero-order valence-corrected chi connectivity index (χ0v) is 13.4. The van der Waals surface area contributed by atoms with Gasteiger partial charge in [-0.1, -0.05) is 13.8 Å². The van der Waals surface area contributed by atoms with Gasteiger partial charge >= 0.3 is 0 Å². The van der Waals surface area contributed by atoms with Crippen LogP contribution in [0.1, 0.15) is 26.1 Å². The van der Waals surface area contributed by atoms with Gasteiger partial charge in [0.25, 0.3) is 0 Å². The summed E-state index contributed by atoms with van der Waals surface area (Å²) in [6.07, 6.45) is 2.45. The maximum absolute atomic E-state index is 5.94. The van der Waals surface area contributed by atoms with E-state index in [1.165, 1.54) is 0 Å². The lowest BCUT2D eigenvalue weighted by Crippen LogP contribution is -2.59.